The van der Waals surface area contributed by atoms with E-state index < -0.39 is 0 Å². The van der Waals surface area contributed by atoms with Gasteiger partial charge in [-0.1, -0.05) is 41.5 Å². The van der Waals surface area contributed by atoms with Crippen LogP contribution in [0.3, 0.4) is 0 Å². The molecule has 0 saturated carbocycles. The average Bonchev–Trinajstić information content (AvgIpc) is 2.37. The summed E-state index contributed by atoms with van der Waals surface area (Å²) in [7, 11) is 0. The van der Waals surface area contributed by atoms with Crippen LogP contribution in [0.25, 0.3) is 0 Å². The average molecular weight is 316 g/mol. The Morgan fingerprint density at radius 2 is 1.55 bits per heavy atom. The van der Waals surface area contributed by atoms with Gasteiger partial charge in [0.25, 0.3) is 0 Å². The van der Waals surface area contributed by atoms with Gasteiger partial charge in [0.15, 0.2) is 5.78 Å². The summed E-state index contributed by atoms with van der Waals surface area (Å²) in [6.07, 6.45) is 3.02. The molecule has 0 aliphatic heterocycles. The van der Waals surface area contributed by atoms with E-state index in [1.165, 1.54) is 0 Å². The number of aliphatic hydroxyl groups is 1. The van der Waals surface area contributed by atoms with E-state index in [1.54, 1.807) is 0 Å². The third kappa shape index (κ3) is 13.2. The molecule has 0 aromatic heterocycles. The van der Waals surface area contributed by atoms with Crippen molar-refractivity contribution in [3.63, 3.8) is 0 Å². The van der Waals surface area contributed by atoms with Gasteiger partial charge in [0.05, 0.1) is 6.10 Å². The number of Topliss-reactive ketones (excluding diaryl/α,β-unsaturated/α-hetero) is 1. The van der Waals surface area contributed by atoms with E-state index in [2.05, 4.69) is 20.8 Å². The molecular formula is C18H36O4. The highest BCUT2D eigenvalue weighted by Gasteiger charge is 2.20. The third-order valence-electron chi connectivity index (χ3n) is 3.47. The predicted molar refractivity (Wildman–Crippen MR) is 90.0 cm³/mol. The second kappa shape index (κ2) is 10.3. The summed E-state index contributed by atoms with van der Waals surface area (Å²) in [5, 5.41) is 9.85. The summed E-state index contributed by atoms with van der Waals surface area (Å²) in [5.74, 6) is 0.121. The van der Waals surface area contributed by atoms with Crippen LogP contribution >= 0.6 is 0 Å². The lowest BCUT2D eigenvalue weighted by molar-refractivity contribution is -0.131. The van der Waals surface area contributed by atoms with Gasteiger partial charge in [0.1, 0.15) is 6.61 Å². The molecule has 0 amide bonds. The predicted octanol–water partition coefficient (Wildman–Crippen LogP) is 3.60. The molecule has 1 atom stereocenters. The first kappa shape index (κ1) is 21.6. The topological polar surface area (TPSA) is 55.8 Å². The van der Waals surface area contributed by atoms with Gasteiger partial charge in [-0.2, -0.15) is 0 Å². The van der Waals surface area contributed by atoms with Crippen LogP contribution in [0.15, 0.2) is 0 Å². The van der Waals surface area contributed by atoms with Crippen LogP contribution in [-0.2, 0) is 14.3 Å². The number of carbonyl (C=O) groups excluding carboxylic acids is 1. The van der Waals surface area contributed by atoms with Crippen molar-refractivity contribution in [3.8, 4) is 0 Å². The van der Waals surface area contributed by atoms with E-state index in [4.69, 9.17) is 9.47 Å². The van der Waals surface area contributed by atoms with Gasteiger partial charge in [-0.05, 0) is 31.1 Å². The molecule has 0 aliphatic carbocycles. The number of aliphatic hydroxyl groups excluding tert-OH is 1. The molecule has 0 rings (SSSR count). The Morgan fingerprint density at radius 3 is 2.09 bits per heavy atom. The van der Waals surface area contributed by atoms with Crippen molar-refractivity contribution < 1.29 is 19.4 Å². The van der Waals surface area contributed by atoms with Crippen molar-refractivity contribution in [1.29, 1.82) is 0 Å². The van der Waals surface area contributed by atoms with Crippen LogP contribution in [0.4, 0.5) is 0 Å². The number of rotatable bonds is 11. The zero-order chi connectivity index (χ0) is 17.2. The van der Waals surface area contributed by atoms with Crippen molar-refractivity contribution in [2.45, 2.75) is 73.3 Å². The summed E-state index contributed by atoms with van der Waals surface area (Å²) in [6.45, 7) is 14.1. The normalized spacial score (nSPS) is 14.1. The standard InChI is InChI=1S/C18H36O4/c1-17(2,3)10-8-15(19)9-13-21-11-7-12-22-14-16(20)18(4,5)6/h15,19H,7-14H2,1-6H3. The van der Waals surface area contributed by atoms with Crippen LogP contribution in [0.5, 0.6) is 0 Å². The number of ketones is 1. The molecule has 0 spiro atoms. The summed E-state index contributed by atoms with van der Waals surface area (Å²) in [6, 6.07) is 0. The van der Waals surface area contributed by atoms with Gasteiger partial charge in [-0.3, -0.25) is 4.79 Å². The van der Waals surface area contributed by atoms with Crippen molar-refractivity contribution in [2.24, 2.45) is 10.8 Å². The zero-order valence-corrected chi connectivity index (χ0v) is 15.4. The number of hydrogen-bond donors (Lipinski definition) is 1. The van der Waals surface area contributed by atoms with Gasteiger partial charge in [0.2, 0.25) is 0 Å². The summed E-state index contributed by atoms with van der Waals surface area (Å²) < 4.78 is 10.8. The van der Waals surface area contributed by atoms with Crippen LogP contribution in [0.2, 0.25) is 0 Å². The van der Waals surface area contributed by atoms with Crippen molar-refractivity contribution >= 4 is 5.78 Å². The molecular weight excluding hydrogens is 280 g/mol. The molecule has 132 valence electrons. The molecule has 0 fully saturated rings. The molecule has 0 aliphatic rings. The Kier molecular flexibility index (Phi) is 10.1. The van der Waals surface area contributed by atoms with Gasteiger partial charge in [0, 0.05) is 25.2 Å². The Labute approximate surface area is 136 Å². The second-order valence-corrected chi connectivity index (χ2v) is 8.23. The molecule has 1 unspecified atom stereocenters. The molecule has 4 heteroatoms. The smallest absolute Gasteiger partial charge is 0.163 e. The Bertz CT molecular complexity index is 299. The lowest BCUT2D eigenvalue weighted by Gasteiger charge is -2.20. The molecule has 0 heterocycles. The Balaban J connectivity index is 3.42. The lowest BCUT2D eigenvalue weighted by atomic mass is 9.89. The zero-order valence-electron chi connectivity index (χ0n) is 15.4. The minimum absolute atomic E-state index is 0.121. The molecule has 0 aromatic rings. The molecule has 0 saturated heterocycles. The first-order valence-corrected chi connectivity index (χ1v) is 8.39. The van der Waals surface area contributed by atoms with Crippen LogP contribution in [0, 0.1) is 10.8 Å². The van der Waals surface area contributed by atoms with Crippen molar-refractivity contribution in [1.82, 2.24) is 0 Å². The van der Waals surface area contributed by atoms with E-state index in [-0.39, 0.29) is 29.3 Å². The highest BCUT2D eigenvalue weighted by atomic mass is 16.5. The highest BCUT2D eigenvalue weighted by Crippen LogP contribution is 2.22. The summed E-state index contributed by atoms with van der Waals surface area (Å²) in [4.78, 5) is 11.6. The number of carbonyl (C=O) groups is 1. The number of ether oxygens (including phenoxy) is 2. The quantitative estimate of drug-likeness (QED) is 0.592. The fraction of sp³-hybridized carbons (Fsp3) is 0.944. The molecule has 22 heavy (non-hydrogen) atoms. The van der Waals surface area contributed by atoms with Crippen LogP contribution in [0.1, 0.15) is 67.2 Å². The molecule has 0 bridgehead atoms. The van der Waals surface area contributed by atoms with E-state index in [0.717, 1.165) is 19.3 Å². The van der Waals surface area contributed by atoms with Crippen molar-refractivity contribution in [2.75, 3.05) is 26.4 Å². The van der Waals surface area contributed by atoms with Gasteiger partial charge < -0.3 is 14.6 Å². The Morgan fingerprint density at radius 1 is 0.955 bits per heavy atom. The molecule has 0 aromatic carbocycles. The van der Waals surface area contributed by atoms with E-state index in [9.17, 15) is 9.90 Å². The van der Waals surface area contributed by atoms with Crippen LogP contribution < -0.4 is 0 Å². The van der Waals surface area contributed by atoms with E-state index >= 15 is 0 Å². The fourth-order valence-corrected chi connectivity index (χ4v) is 1.71. The second-order valence-electron chi connectivity index (χ2n) is 8.23. The summed E-state index contributed by atoms with van der Waals surface area (Å²) >= 11 is 0. The largest absolute Gasteiger partial charge is 0.393 e. The van der Waals surface area contributed by atoms with E-state index in [0.29, 0.717) is 26.2 Å². The molecule has 1 N–H and O–H groups in total. The van der Waals surface area contributed by atoms with Gasteiger partial charge in [-0.25, -0.2) is 0 Å². The van der Waals surface area contributed by atoms with Gasteiger partial charge in [-0.15, -0.1) is 0 Å². The highest BCUT2D eigenvalue weighted by molar-refractivity contribution is 5.84. The first-order valence-electron chi connectivity index (χ1n) is 8.39. The SMILES string of the molecule is CC(C)(C)CCC(O)CCOCCCOCC(=O)C(C)(C)C. The first-order chi connectivity index (χ1) is 10.0. The van der Waals surface area contributed by atoms with Gasteiger partial charge >= 0.3 is 0 Å². The third-order valence-corrected chi connectivity index (χ3v) is 3.47. The van der Waals surface area contributed by atoms with Crippen molar-refractivity contribution in [3.05, 3.63) is 0 Å². The Hall–Kier alpha value is -0.450. The maximum Gasteiger partial charge on any atom is 0.163 e. The number of hydrogen-bond acceptors (Lipinski definition) is 4. The van der Waals surface area contributed by atoms with E-state index in [1.807, 2.05) is 20.8 Å². The fourth-order valence-electron chi connectivity index (χ4n) is 1.71. The monoisotopic (exact) mass is 316 g/mol. The minimum atomic E-state index is -0.334. The molecule has 0 radical (unpaired) electrons. The summed E-state index contributed by atoms with van der Waals surface area (Å²) in [5.41, 5.74) is -0.0661. The minimum Gasteiger partial charge on any atom is -0.393 e. The lowest BCUT2D eigenvalue weighted by Crippen LogP contribution is -2.25. The molecule has 4 nitrogen and oxygen atoms in total. The maximum atomic E-state index is 11.6. The van der Waals surface area contributed by atoms with Crippen LogP contribution in [-0.4, -0.2) is 43.4 Å². The maximum absolute atomic E-state index is 11.6.